The quantitative estimate of drug-likeness (QED) is 0.343. The van der Waals surface area contributed by atoms with Crippen molar-refractivity contribution in [1.29, 1.82) is 10.5 Å². The van der Waals surface area contributed by atoms with Gasteiger partial charge in [0.2, 0.25) is 0 Å². The molecule has 1 atom stereocenters. The van der Waals surface area contributed by atoms with Crippen LogP contribution in [0.1, 0.15) is 50.5 Å². The van der Waals surface area contributed by atoms with Gasteiger partial charge in [0.25, 0.3) is 0 Å². The molecule has 0 fully saturated rings. The molecule has 2 heterocycles. The van der Waals surface area contributed by atoms with Crippen LogP contribution >= 0.6 is 11.6 Å². The standard InChI is InChI=1S/C25H23ClN8/c1-25(2,3)14-30-22-17(11-28)12-29-24-19(22)8-18(9-20(24)26)32-23(21-13-31-34-33-21)16-6-4-5-15(7-16)10-27/h4-9,12-13,23,32H,14H2,1-3H3,(H,29,30)(H,31,33,34)/i23D. The van der Waals surface area contributed by atoms with E-state index in [0.29, 0.717) is 56.2 Å². The molecule has 0 aliphatic heterocycles. The number of H-pyrrole nitrogens is 1. The number of nitrogens with zero attached hydrogens (tertiary/aromatic N) is 5. The van der Waals surface area contributed by atoms with Crippen LogP contribution in [0.4, 0.5) is 11.4 Å². The number of halogens is 1. The van der Waals surface area contributed by atoms with E-state index in [9.17, 15) is 11.9 Å². The molecule has 34 heavy (non-hydrogen) atoms. The van der Waals surface area contributed by atoms with Crippen molar-refractivity contribution in [2.75, 3.05) is 17.2 Å². The first kappa shape index (κ1) is 21.7. The third-order valence-corrected chi connectivity index (χ3v) is 5.35. The lowest BCUT2D eigenvalue weighted by Crippen LogP contribution is -2.20. The van der Waals surface area contributed by atoms with Crippen LogP contribution < -0.4 is 10.6 Å². The van der Waals surface area contributed by atoms with Gasteiger partial charge in [0.05, 0.1) is 47.0 Å². The summed E-state index contributed by atoms with van der Waals surface area (Å²) in [5.41, 5.74) is 3.26. The zero-order valence-corrected chi connectivity index (χ0v) is 19.7. The highest BCUT2D eigenvalue weighted by molar-refractivity contribution is 6.35. The number of pyridine rings is 1. The second-order valence-electron chi connectivity index (χ2n) is 8.97. The van der Waals surface area contributed by atoms with E-state index in [2.05, 4.69) is 63.9 Å². The highest BCUT2D eigenvalue weighted by atomic mass is 35.5. The van der Waals surface area contributed by atoms with Crippen molar-refractivity contribution in [3.05, 3.63) is 76.2 Å². The summed E-state index contributed by atoms with van der Waals surface area (Å²) in [6.07, 6.45) is 2.96. The molecule has 170 valence electrons. The van der Waals surface area contributed by atoms with Crippen LogP contribution in [0.15, 0.2) is 48.8 Å². The number of aromatic amines is 1. The number of nitriles is 2. The van der Waals surface area contributed by atoms with Gasteiger partial charge in [-0.15, -0.1) is 0 Å². The minimum Gasteiger partial charge on any atom is -0.383 e. The molecular formula is C25H23ClN8. The summed E-state index contributed by atoms with van der Waals surface area (Å²) < 4.78 is 9.33. The van der Waals surface area contributed by atoms with E-state index >= 15 is 0 Å². The third kappa shape index (κ3) is 4.93. The van der Waals surface area contributed by atoms with Gasteiger partial charge in [0.15, 0.2) is 0 Å². The van der Waals surface area contributed by atoms with Gasteiger partial charge in [-0.05, 0) is 35.2 Å². The van der Waals surface area contributed by atoms with E-state index in [1.165, 1.54) is 12.4 Å². The largest absolute Gasteiger partial charge is 0.383 e. The molecule has 0 radical (unpaired) electrons. The Morgan fingerprint density at radius 2 is 2.00 bits per heavy atom. The molecule has 4 aromatic rings. The second kappa shape index (κ2) is 9.38. The lowest BCUT2D eigenvalue weighted by molar-refractivity contribution is 0.443. The van der Waals surface area contributed by atoms with Crippen LogP contribution in [0.3, 0.4) is 0 Å². The Labute approximate surface area is 204 Å². The Bertz CT molecular complexity index is 1460. The van der Waals surface area contributed by atoms with Crippen LogP contribution in [-0.4, -0.2) is 26.9 Å². The van der Waals surface area contributed by atoms with E-state index in [0.717, 1.165) is 0 Å². The molecule has 4 rings (SSSR count). The molecule has 3 N–H and O–H groups in total. The first-order chi connectivity index (χ1) is 16.6. The first-order valence-corrected chi connectivity index (χ1v) is 10.9. The lowest BCUT2D eigenvalue weighted by Gasteiger charge is -2.22. The van der Waals surface area contributed by atoms with Crippen molar-refractivity contribution in [3.8, 4) is 12.1 Å². The molecule has 0 bridgehead atoms. The summed E-state index contributed by atoms with van der Waals surface area (Å²) in [7, 11) is 0. The van der Waals surface area contributed by atoms with Gasteiger partial charge >= 0.3 is 0 Å². The minimum absolute atomic E-state index is 0.0307. The fourth-order valence-corrected chi connectivity index (χ4v) is 3.72. The molecule has 0 saturated carbocycles. The van der Waals surface area contributed by atoms with E-state index in [1.54, 1.807) is 36.4 Å². The molecular weight excluding hydrogens is 448 g/mol. The molecule has 8 nitrogen and oxygen atoms in total. The molecule has 0 saturated heterocycles. The predicted molar refractivity (Wildman–Crippen MR) is 132 cm³/mol. The number of hydrogen-bond acceptors (Lipinski definition) is 7. The van der Waals surface area contributed by atoms with Crippen molar-refractivity contribution < 1.29 is 1.37 Å². The van der Waals surface area contributed by atoms with Crippen molar-refractivity contribution in [3.63, 3.8) is 0 Å². The van der Waals surface area contributed by atoms with Gasteiger partial charge in [-0.2, -0.15) is 25.9 Å². The number of fused-ring (bicyclic) bond motifs is 1. The highest BCUT2D eigenvalue weighted by Crippen LogP contribution is 2.36. The molecule has 0 aliphatic rings. The molecule has 2 aromatic carbocycles. The molecule has 9 heteroatoms. The number of hydrogen-bond donors (Lipinski definition) is 3. The first-order valence-electron chi connectivity index (χ1n) is 11.1. The fourth-order valence-electron chi connectivity index (χ4n) is 3.46. The molecule has 0 amide bonds. The topological polar surface area (TPSA) is 126 Å². The van der Waals surface area contributed by atoms with Gasteiger partial charge in [-0.25, -0.2) is 0 Å². The zero-order valence-electron chi connectivity index (χ0n) is 19.9. The molecule has 2 aromatic heterocycles. The zero-order chi connectivity index (χ0) is 25.2. The maximum Gasteiger partial charge on any atom is 0.109 e. The summed E-state index contributed by atoms with van der Waals surface area (Å²) in [4.78, 5) is 4.39. The van der Waals surface area contributed by atoms with Crippen LogP contribution in [0.2, 0.25) is 5.02 Å². The van der Waals surface area contributed by atoms with Crippen LogP contribution in [0, 0.1) is 28.1 Å². The Balaban J connectivity index is 1.86. The Kier molecular flexibility index (Phi) is 5.99. The predicted octanol–water partition coefficient (Wildman–Crippen LogP) is 5.41. The number of nitrogens with one attached hydrogen (secondary N) is 3. The number of rotatable bonds is 6. The molecule has 0 aliphatic carbocycles. The van der Waals surface area contributed by atoms with Gasteiger partial charge in [-0.3, -0.25) is 4.98 Å². The van der Waals surface area contributed by atoms with E-state index in [1.807, 2.05) is 0 Å². The monoisotopic (exact) mass is 471 g/mol. The van der Waals surface area contributed by atoms with Crippen molar-refractivity contribution in [2.45, 2.75) is 26.8 Å². The molecule has 0 spiro atoms. The number of anilines is 2. The van der Waals surface area contributed by atoms with Crippen molar-refractivity contribution in [1.82, 2.24) is 20.4 Å². The second-order valence-corrected chi connectivity index (χ2v) is 9.38. The maximum atomic E-state index is 9.70. The SMILES string of the molecule is [2H]C(Nc1cc(Cl)c2ncc(C#N)c(NCC(C)(C)C)c2c1)(c1cccc(C#N)c1)c1cn[nH]n1. The maximum absolute atomic E-state index is 9.70. The van der Waals surface area contributed by atoms with Crippen LogP contribution in [0.25, 0.3) is 10.9 Å². The average molecular weight is 472 g/mol. The van der Waals surface area contributed by atoms with Gasteiger partial charge in [-0.1, -0.05) is 44.5 Å². The third-order valence-electron chi connectivity index (χ3n) is 5.06. The van der Waals surface area contributed by atoms with Crippen molar-refractivity contribution in [2.24, 2.45) is 5.41 Å². The van der Waals surface area contributed by atoms with Gasteiger partial charge < -0.3 is 10.6 Å². The van der Waals surface area contributed by atoms with E-state index < -0.39 is 6.02 Å². The van der Waals surface area contributed by atoms with E-state index in [-0.39, 0.29) is 5.41 Å². The summed E-state index contributed by atoms with van der Waals surface area (Å²) in [5.74, 6) is 0. The van der Waals surface area contributed by atoms with Crippen LogP contribution in [-0.2, 0) is 0 Å². The highest BCUT2D eigenvalue weighted by Gasteiger charge is 2.20. The number of benzene rings is 2. The van der Waals surface area contributed by atoms with Gasteiger partial charge in [0.1, 0.15) is 11.8 Å². The fraction of sp³-hybridized carbons (Fsp3) is 0.240. The summed E-state index contributed by atoms with van der Waals surface area (Å²) in [6.45, 7) is 6.91. The smallest absolute Gasteiger partial charge is 0.109 e. The Hall–Kier alpha value is -4.14. The summed E-state index contributed by atoms with van der Waals surface area (Å²) >= 11 is 6.62. The van der Waals surface area contributed by atoms with Crippen LogP contribution in [0.5, 0.6) is 0 Å². The average Bonchev–Trinajstić information content (AvgIpc) is 3.37. The van der Waals surface area contributed by atoms with E-state index in [4.69, 9.17) is 11.6 Å². The minimum atomic E-state index is -1.59. The normalized spacial score (nSPS) is 13.4. The lowest BCUT2D eigenvalue weighted by atomic mass is 9.96. The number of aromatic nitrogens is 4. The van der Waals surface area contributed by atoms with Gasteiger partial charge in [0, 0.05) is 23.8 Å². The Morgan fingerprint density at radius 1 is 1.18 bits per heavy atom. The Morgan fingerprint density at radius 3 is 2.68 bits per heavy atom. The van der Waals surface area contributed by atoms with Crippen molar-refractivity contribution >= 4 is 33.9 Å². The summed E-state index contributed by atoms with van der Waals surface area (Å²) in [6, 6.07) is 12.9. The molecule has 1 unspecified atom stereocenters. The summed E-state index contributed by atoms with van der Waals surface area (Å²) in [5, 5.41) is 37.2.